The first kappa shape index (κ1) is 33.3. The third-order valence-electron chi connectivity index (χ3n) is 13.6. The van der Waals surface area contributed by atoms with Gasteiger partial charge >= 0.3 is 0 Å². The molecule has 0 saturated carbocycles. The third kappa shape index (κ3) is 4.22. The number of nitrogens with zero attached hydrogens (tertiary/aromatic N) is 2. The quantitative estimate of drug-likeness (QED) is 0.179. The highest BCUT2D eigenvalue weighted by atomic mass is 14.9. The minimum absolute atomic E-state index is 0.503. The van der Waals surface area contributed by atoms with Crippen molar-refractivity contribution in [2.45, 2.75) is 10.8 Å². The van der Waals surface area contributed by atoms with Crippen LogP contribution >= 0.6 is 0 Å². The molecule has 10 aromatic rings. The van der Waals surface area contributed by atoms with Crippen molar-refractivity contribution in [2.75, 3.05) is 0 Å². The number of aromatic nitrogens is 2. The van der Waals surface area contributed by atoms with Crippen LogP contribution in [0.2, 0.25) is 0 Å². The van der Waals surface area contributed by atoms with E-state index in [1.54, 1.807) is 0 Å². The van der Waals surface area contributed by atoms with Crippen LogP contribution in [0.15, 0.2) is 218 Å². The monoisotopic (exact) mass is 760 g/mol. The van der Waals surface area contributed by atoms with E-state index >= 15 is 0 Å². The maximum Gasteiger partial charge on any atom is 0.160 e. The van der Waals surface area contributed by atoms with Crippen LogP contribution in [-0.2, 0) is 10.8 Å². The molecule has 0 N–H and O–H groups in total. The molecule has 278 valence electrons. The Kier molecular flexibility index (Phi) is 6.89. The van der Waals surface area contributed by atoms with Crippen LogP contribution in [0, 0.1) is 0 Å². The molecular formula is C58H36N2. The summed E-state index contributed by atoms with van der Waals surface area (Å²) in [6, 6.07) is 80.3. The summed E-state index contributed by atoms with van der Waals surface area (Å²) in [6.07, 6.45) is 0. The van der Waals surface area contributed by atoms with Gasteiger partial charge in [-0.05, 0) is 84.0 Å². The van der Waals surface area contributed by atoms with Crippen LogP contribution in [0.4, 0.5) is 0 Å². The Labute approximate surface area is 349 Å². The van der Waals surface area contributed by atoms with Gasteiger partial charge < -0.3 is 0 Å². The molecule has 2 unspecified atom stereocenters. The lowest BCUT2D eigenvalue weighted by molar-refractivity contribution is 0.636. The van der Waals surface area contributed by atoms with Crippen molar-refractivity contribution < 1.29 is 0 Å². The molecule has 1 heterocycles. The molecule has 9 aromatic carbocycles. The molecule has 0 amide bonds. The fourth-order valence-electron chi connectivity index (χ4n) is 11.4. The molecule has 3 aliphatic carbocycles. The molecule has 2 atom stereocenters. The van der Waals surface area contributed by atoms with E-state index in [4.69, 9.17) is 9.97 Å². The number of fused-ring (bicyclic) bond motifs is 13. The Morgan fingerprint density at radius 2 is 0.767 bits per heavy atom. The van der Waals surface area contributed by atoms with E-state index < -0.39 is 10.8 Å². The highest BCUT2D eigenvalue weighted by molar-refractivity contribution is 5.99. The summed E-state index contributed by atoms with van der Waals surface area (Å²) in [5, 5.41) is 1.04. The molecule has 0 saturated heterocycles. The van der Waals surface area contributed by atoms with Gasteiger partial charge in [-0.15, -0.1) is 0 Å². The summed E-state index contributed by atoms with van der Waals surface area (Å²) in [5.41, 5.74) is 20.7. The van der Waals surface area contributed by atoms with Crippen LogP contribution in [-0.4, -0.2) is 9.97 Å². The predicted molar refractivity (Wildman–Crippen MR) is 244 cm³/mol. The highest BCUT2D eigenvalue weighted by Gasteiger charge is 2.60. The Hall–Kier alpha value is -7.68. The minimum Gasteiger partial charge on any atom is -0.228 e. The zero-order valence-electron chi connectivity index (χ0n) is 32.7. The van der Waals surface area contributed by atoms with E-state index in [0.717, 1.165) is 33.5 Å². The number of rotatable bonds is 4. The lowest BCUT2D eigenvalue weighted by Gasteiger charge is -2.48. The minimum atomic E-state index is -0.655. The van der Waals surface area contributed by atoms with Gasteiger partial charge in [0.1, 0.15) is 0 Å². The molecule has 3 aliphatic rings. The van der Waals surface area contributed by atoms with Gasteiger partial charge in [0.05, 0.1) is 22.0 Å². The molecular weight excluding hydrogens is 725 g/mol. The lowest BCUT2D eigenvalue weighted by atomic mass is 9.52. The van der Waals surface area contributed by atoms with Crippen LogP contribution in [0.25, 0.3) is 66.9 Å². The van der Waals surface area contributed by atoms with Crippen LogP contribution in [0.5, 0.6) is 0 Å². The number of para-hydroxylation sites is 1. The largest absolute Gasteiger partial charge is 0.228 e. The number of benzene rings is 9. The summed E-state index contributed by atoms with van der Waals surface area (Å²) in [5.74, 6) is 0.730. The fraction of sp³-hybridized carbons (Fsp3) is 0.0345. The average molecular weight is 761 g/mol. The van der Waals surface area contributed by atoms with Crippen LogP contribution < -0.4 is 0 Å². The zero-order valence-corrected chi connectivity index (χ0v) is 32.7. The molecule has 0 aliphatic heterocycles. The fourth-order valence-corrected chi connectivity index (χ4v) is 11.4. The third-order valence-corrected chi connectivity index (χ3v) is 13.6. The zero-order chi connectivity index (χ0) is 39.4. The van der Waals surface area contributed by atoms with Gasteiger partial charge in [-0.2, -0.15) is 0 Å². The summed E-state index contributed by atoms with van der Waals surface area (Å²) in [7, 11) is 0. The Bertz CT molecular complexity index is 3370. The van der Waals surface area contributed by atoms with E-state index in [1.165, 1.54) is 77.9 Å². The maximum absolute atomic E-state index is 5.60. The molecule has 0 bridgehead atoms. The predicted octanol–water partition coefficient (Wildman–Crippen LogP) is 13.7. The molecule has 1 spiro atoms. The molecule has 1 aromatic heterocycles. The normalized spacial score (nSPS) is 17.5. The number of hydrogen-bond acceptors (Lipinski definition) is 2. The van der Waals surface area contributed by atoms with Gasteiger partial charge in [0.15, 0.2) is 5.82 Å². The van der Waals surface area contributed by atoms with E-state index in [-0.39, 0.29) is 0 Å². The SMILES string of the molecule is c1ccc(-c2ccc(-c3nc(-c4cccc5c4C4(c6ccccc6-5)c5ccccc5C5(c6ccccc6)c6ccccc6-c6cccc4c65)nc4ccccc34)cc2)cc1. The van der Waals surface area contributed by atoms with Crippen molar-refractivity contribution >= 4 is 10.9 Å². The first-order chi connectivity index (χ1) is 29.8. The van der Waals surface area contributed by atoms with Crippen LogP contribution in [0.1, 0.15) is 44.5 Å². The van der Waals surface area contributed by atoms with Crippen molar-refractivity contribution in [3.05, 3.63) is 263 Å². The van der Waals surface area contributed by atoms with E-state index in [1.807, 2.05) is 0 Å². The highest BCUT2D eigenvalue weighted by Crippen LogP contribution is 2.69. The first-order valence-corrected chi connectivity index (χ1v) is 20.8. The second kappa shape index (κ2) is 12.4. The summed E-state index contributed by atoms with van der Waals surface area (Å²) in [6.45, 7) is 0. The van der Waals surface area contributed by atoms with E-state index in [2.05, 4.69) is 218 Å². The average Bonchev–Trinajstić information content (AvgIpc) is 3.81. The molecule has 2 heteroatoms. The second-order valence-corrected chi connectivity index (χ2v) is 16.3. The van der Waals surface area contributed by atoms with Crippen molar-refractivity contribution in [1.82, 2.24) is 9.97 Å². The molecule has 2 nitrogen and oxygen atoms in total. The van der Waals surface area contributed by atoms with Gasteiger partial charge in [-0.1, -0.05) is 212 Å². The molecule has 0 fully saturated rings. The standard InChI is InChI=1S/C58H36N2/c1-3-17-37(18-4-1)38-33-35-39(36-34-38)55-45-23-9-14-32-52(45)59-56(60-55)46-26-15-24-43-41-21-8-11-28-48(41)58(53(43)46)50-30-13-12-29-49(50)57(40-19-5-2-6-20-40)47-27-10-7-22-42(47)44-25-16-31-51(58)54(44)57/h1-36H. The van der Waals surface area contributed by atoms with Crippen molar-refractivity contribution in [2.24, 2.45) is 0 Å². The van der Waals surface area contributed by atoms with Gasteiger partial charge in [-0.3, -0.25) is 0 Å². The first-order valence-electron chi connectivity index (χ1n) is 20.8. The lowest BCUT2D eigenvalue weighted by Crippen LogP contribution is -2.43. The van der Waals surface area contributed by atoms with Crippen molar-refractivity contribution in [3.8, 4) is 56.0 Å². The summed E-state index contributed by atoms with van der Waals surface area (Å²) >= 11 is 0. The van der Waals surface area contributed by atoms with Gasteiger partial charge in [0.2, 0.25) is 0 Å². The van der Waals surface area contributed by atoms with E-state index in [0.29, 0.717) is 0 Å². The Morgan fingerprint density at radius 1 is 0.283 bits per heavy atom. The molecule has 13 rings (SSSR count). The van der Waals surface area contributed by atoms with Gasteiger partial charge in [0, 0.05) is 16.5 Å². The topological polar surface area (TPSA) is 25.8 Å². The Balaban J connectivity index is 1.13. The summed E-state index contributed by atoms with van der Waals surface area (Å²) in [4.78, 5) is 11.1. The van der Waals surface area contributed by atoms with Crippen molar-refractivity contribution in [1.29, 1.82) is 0 Å². The maximum atomic E-state index is 5.60. The number of hydrogen-bond donors (Lipinski definition) is 0. The van der Waals surface area contributed by atoms with Crippen molar-refractivity contribution in [3.63, 3.8) is 0 Å². The Morgan fingerprint density at radius 3 is 1.50 bits per heavy atom. The van der Waals surface area contributed by atoms with Gasteiger partial charge in [0.25, 0.3) is 0 Å². The second-order valence-electron chi connectivity index (χ2n) is 16.3. The smallest absolute Gasteiger partial charge is 0.160 e. The summed E-state index contributed by atoms with van der Waals surface area (Å²) < 4.78 is 0. The van der Waals surface area contributed by atoms with Gasteiger partial charge in [-0.25, -0.2) is 9.97 Å². The van der Waals surface area contributed by atoms with E-state index in [9.17, 15) is 0 Å². The molecule has 0 radical (unpaired) electrons. The van der Waals surface area contributed by atoms with Crippen LogP contribution in [0.3, 0.4) is 0 Å². The molecule has 60 heavy (non-hydrogen) atoms.